The third-order valence-electron chi connectivity index (χ3n) is 2.21. The Labute approximate surface area is 63.8 Å². The lowest BCUT2D eigenvalue weighted by atomic mass is 9.79. The highest BCUT2D eigenvalue weighted by molar-refractivity contribution is 4.87. The monoisotopic (exact) mass is 142 g/mol. The molecule has 1 atom stereocenters. The van der Waals surface area contributed by atoms with E-state index in [4.69, 9.17) is 4.74 Å². The maximum atomic E-state index is 5.46. The molecule has 0 spiro atoms. The zero-order chi connectivity index (χ0) is 7.78. The molecule has 1 nitrogen and oxygen atoms in total. The summed E-state index contributed by atoms with van der Waals surface area (Å²) in [7, 11) is 0. The van der Waals surface area contributed by atoms with Gasteiger partial charge in [0.25, 0.3) is 0 Å². The summed E-state index contributed by atoms with van der Waals surface area (Å²) in [6, 6.07) is 0. The molecule has 0 amide bonds. The van der Waals surface area contributed by atoms with Gasteiger partial charge in [-0.2, -0.15) is 0 Å². The van der Waals surface area contributed by atoms with E-state index in [-0.39, 0.29) is 0 Å². The summed E-state index contributed by atoms with van der Waals surface area (Å²) in [5.74, 6) is 0.768. The molecule has 1 aliphatic rings. The number of hydrogen-bond donors (Lipinski definition) is 0. The van der Waals surface area contributed by atoms with Gasteiger partial charge in [0.15, 0.2) is 0 Å². The predicted octanol–water partition coefficient (Wildman–Crippen LogP) is 2.46. The van der Waals surface area contributed by atoms with Gasteiger partial charge in [-0.15, -0.1) is 0 Å². The highest BCUT2D eigenvalue weighted by Gasteiger charge is 2.39. The molecule has 1 rings (SSSR count). The molecule has 0 aromatic heterocycles. The van der Waals surface area contributed by atoms with Crippen LogP contribution in [0.15, 0.2) is 0 Å². The molecule has 60 valence electrons. The van der Waals surface area contributed by atoms with Crippen LogP contribution in [0.3, 0.4) is 0 Å². The van der Waals surface area contributed by atoms with Crippen LogP contribution in [0.4, 0.5) is 0 Å². The fraction of sp³-hybridized carbons (Fsp3) is 1.00. The largest absolute Gasteiger partial charge is 0.377 e. The maximum absolute atomic E-state index is 5.46. The smallest absolute Gasteiger partial charge is 0.0650 e. The average Bonchev–Trinajstić information content (AvgIpc) is 1.81. The Morgan fingerprint density at radius 1 is 1.50 bits per heavy atom. The summed E-state index contributed by atoms with van der Waals surface area (Å²) in [4.78, 5) is 0. The second kappa shape index (κ2) is 2.54. The summed E-state index contributed by atoms with van der Waals surface area (Å²) in [5, 5.41) is 0. The fourth-order valence-electron chi connectivity index (χ4n) is 1.35. The van der Waals surface area contributed by atoms with Gasteiger partial charge in [-0.25, -0.2) is 0 Å². The first-order valence-electron chi connectivity index (χ1n) is 4.14. The topological polar surface area (TPSA) is 9.23 Å². The lowest BCUT2D eigenvalue weighted by Gasteiger charge is -2.45. The van der Waals surface area contributed by atoms with E-state index < -0.39 is 0 Å². The second-order valence-electron chi connectivity index (χ2n) is 4.42. The van der Waals surface area contributed by atoms with E-state index in [1.54, 1.807) is 0 Å². The molecule has 0 bridgehead atoms. The molecule has 0 saturated carbocycles. The average molecular weight is 142 g/mol. The minimum atomic E-state index is 0.449. The summed E-state index contributed by atoms with van der Waals surface area (Å²) in [6.45, 7) is 10.0. The van der Waals surface area contributed by atoms with Crippen LogP contribution in [0, 0.1) is 11.3 Å². The van der Waals surface area contributed by atoms with Gasteiger partial charge in [0.05, 0.1) is 12.7 Å². The van der Waals surface area contributed by atoms with Gasteiger partial charge in [0.2, 0.25) is 0 Å². The summed E-state index contributed by atoms with van der Waals surface area (Å²) < 4.78 is 5.46. The number of ether oxygens (including phenoxy) is 1. The van der Waals surface area contributed by atoms with Crippen molar-refractivity contribution >= 4 is 0 Å². The van der Waals surface area contributed by atoms with E-state index in [0.717, 1.165) is 12.5 Å². The van der Waals surface area contributed by atoms with Gasteiger partial charge < -0.3 is 4.74 Å². The maximum Gasteiger partial charge on any atom is 0.0650 e. The van der Waals surface area contributed by atoms with Crippen molar-refractivity contribution < 1.29 is 4.74 Å². The van der Waals surface area contributed by atoms with Crippen LogP contribution in [0.25, 0.3) is 0 Å². The normalized spacial score (nSPS) is 30.3. The van der Waals surface area contributed by atoms with Crippen molar-refractivity contribution in [2.45, 2.75) is 40.2 Å². The van der Waals surface area contributed by atoms with Gasteiger partial charge in [-0.3, -0.25) is 0 Å². The van der Waals surface area contributed by atoms with E-state index in [1.165, 1.54) is 6.42 Å². The van der Waals surface area contributed by atoms with Crippen LogP contribution in [0.2, 0.25) is 0 Å². The molecular formula is C9H18O. The molecule has 0 aromatic carbocycles. The van der Waals surface area contributed by atoms with Crippen LogP contribution in [0.1, 0.15) is 34.1 Å². The summed E-state index contributed by atoms with van der Waals surface area (Å²) in [5.41, 5.74) is 0.449. The fourth-order valence-corrected chi connectivity index (χ4v) is 1.35. The molecular weight excluding hydrogens is 124 g/mol. The zero-order valence-corrected chi connectivity index (χ0v) is 7.48. The van der Waals surface area contributed by atoms with E-state index in [0.29, 0.717) is 11.5 Å². The lowest BCUT2D eigenvalue weighted by Crippen LogP contribution is -2.48. The summed E-state index contributed by atoms with van der Waals surface area (Å²) in [6.07, 6.45) is 1.74. The minimum Gasteiger partial charge on any atom is -0.377 e. The van der Waals surface area contributed by atoms with Gasteiger partial charge >= 0.3 is 0 Å². The van der Waals surface area contributed by atoms with Crippen molar-refractivity contribution in [1.29, 1.82) is 0 Å². The highest BCUT2D eigenvalue weighted by Crippen LogP contribution is 2.37. The molecule has 10 heavy (non-hydrogen) atoms. The molecule has 1 saturated heterocycles. The van der Waals surface area contributed by atoms with Crippen molar-refractivity contribution in [3.05, 3.63) is 0 Å². The Hall–Kier alpha value is -0.0400. The molecule has 0 radical (unpaired) electrons. The molecule has 0 aromatic rings. The van der Waals surface area contributed by atoms with Crippen LogP contribution >= 0.6 is 0 Å². The Bertz CT molecular complexity index is 116. The van der Waals surface area contributed by atoms with Gasteiger partial charge in [0, 0.05) is 5.41 Å². The van der Waals surface area contributed by atoms with E-state index in [9.17, 15) is 0 Å². The molecule has 0 unspecified atom stereocenters. The van der Waals surface area contributed by atoms with Crippen molar-refractivity contribution in [2.75, 3.05) is 6.61 Å². The first kappa shape index (κ1) is 8.06. The van der Waals surface area contributed by atoms with Gasteiger partial charge in [-0.1, -0.05) is 27.7 Å². The van der Waals surface area contributed by atoms with Gasteiger partial charge in [-0.05, 0) is 12.3 Å². The van der Waals surface area contributed by atoms with Gasteiger partial charge in [0.1, 0.15) is 0 Å². The zero-order valence-electron chi connectivity index (χ0n) is 7.48. The third-order valence-corrected chi connectivity index (χ3v) is 2.21. The Kier molecular flexibility index (Phi) is 2.04. The number of hydrogen-bond acceptors (Lipinski definition) is 1. The molecule has 0 N–H and O–H groups in total. The highest BCUT2D eigenvalue weighted by atomic mass is 16.5. The first-order valence-corrected chi connectivity index (χ1v) is 4.14. The van der Waals surface area contributed by atoms with Crippen molar-refractivity contribution in [1.82, 2.24) is 0 Å². The molecule has 1 heteroatoms. The lowest BCUT2D eigenvalue weighted by molar-refractivity contribution is -0.174. The number of rotatable bonds is 2. The second-order valence-corrected chi connectivity index (χ2v) is 4.42. The Morgan fingerprint density at radius 3 is 2.20 bits per heavy atom. The third kappa shape index (κ3) is 1.51. The van der Waals surface area contributed by atoms with Crippen LogP contribution in [-0.2, 0) is 4.74 Å². The Balaban J connectivity index is 2.30. The van der Waals surface area contributed by atoms with Crippen molar-refractivity contribution in [3.63, 3.8) is 0 Å². The quantitative estimate of drug-likeness (QED) is 0.575. The van der Waals surface area contributed by atoms with E-state index in [2.05, 4.69) is 27.7 Å². The predicted molar refractivity (Wildman–Crippen MR) is 43.0 cm³/mol. The minimum absolute atomic E-state index is 0.449. The van der Waals surface area contributed by atoms with E-state index in [1.807, 2.05) is 0 Å². The van der Waals surface area contributed by atoms with Crippen LogP contribution in [0.5, 0.6) is 0 Å². The van der Waals surface area contributed by atoms with E-state index >= 15 is 0 Å². The van der Waals surface area contributed by atoms with Crippen LogP contribution in [-0.4, -0.2) is 12.7 Å². The van der Waals surface area contributed by atoms with Crippen molar-refractivity contribution in [2.24, 2.45) is 11.3 Å². The molecule has 0 aliphatic carbocycles. The molecule has 1 heterocycles. The first-order chi connectivity index (χ1) is 4.52. The Morgan fingerprint density at radius 2 is 2.10 bits per heavy atom. The molecule has 1 aliphatic heterocycles. The molecule has 1 fully saturated rings. The summed E-state index contributed by atoms with van der Waals surface area (Å²) >= 11 is 0. The SMILES string of the molecule is CC(C)C[C@@H]1OCC1(C)C. The standard InChI is InChI=1S/C9H18O/c1-7(2)5-8-9(3,4)6-10-8/h7-8H,5-6H2,1-4H3/t8-/m0/s1. The van der Waals surface area contributed by atoms with Crippen molar-refractivity contribution in [3.8, 4) is 0 Å². The van der Waals surface area contributed by atoms with Crippen LogP contribution < -0.4 is 0 Å².